The molecule has 1 amide bonds. The van der Waals surface area contributed by atoms with E-state index in [1.807, 2.05) is 25.1 Å². The van der Waals surface area contributed by atoms with Gasteiger partial charge in [0.1, 0.15) is 11.5 Å². The van der Waals surface area contributed by atoms with Crippen LogP contribution in [0.4, 0.5) is 0 Å². The lowest BCUT2D eigenvalue weighted by Gasteiger charge is -2.26. The van der Waals surface area contributed by atoms with Gasteiger partial charge in [-0.25, -0.2) is 0 Å². The number of amides is 1. The van der Waals surface area contributed by atoms with Crippen LogP contribution in [-0.2, 0) is 9.59 Å². The van der Waals surface area contributed by atoms with Gasteiger partial charge in [-0.15, -0.1) is 0 Å². The molecule has 1 saturated heterocycles. The van der Waals surface area contributed by atoms with E-state index in [1.54, 1.807) is 37.4 Å². The highest BCUT2D eigenvalue weighted by molar-refractivity contribution is 6.46. The topological polar surface area (TPSA) is 83.0 Å². The van der Waals surface area contributed by atoms with Crippen molar-refractivity contribution >= 4 is 17.4 Å². The van der Waals surface area contributed by atoms with Crippen LogP contribution in [0.15, 0.2) is 54.4 Å². The molecule has 1 aromatic heterocycles. The third-order valence-electron chi connectivity index (χ3n) is 4.91. The van der Waals surface area contributed by atoms with E-state index in [9.17, 15) is 14.7 Å². The van der Waals surface area contributed by atoms with Crippen molar-refractivity contribution in [2.75, 3.05) is 34.3 Å². The zero-order valence-electron chi connectivity index (χ0n) is 16.8. The summed E-state index contributed by atoms with van der Waals surface area (Å²) in [5, 5.41) is 10.9. The Morgan fingerprint density at radius 1 is 1.21 bits per heavy atom. The Bertz CT molecular complexity index is 925. The molecular weight excluding hydrogens is 370 g/mol. The normalized spacial score (nSPS) is 18.5. The highest BCUT2D eigenvalue weighted by Crippen LogP contribution is 2.40. The number of carbonyl (C=O) groups is 2. The summed E-state index contributed by atoms with van der Waals surface area (Å²) in [6, 6.07) is 9.76. The van der Waals surface area contributed by atoms with Gasteiger partial charge in [-0.2, -0.15) is 0 Å². The van der Waals surface area contributed by atoms with E-state index in [2.05, 4.69) is 4.98 Å². The Kier molecular flexibility index (Phi) is 6.29. The number of hydrogen-bond donors (Lipinski definition) is 1. The highest BCUT2D eigenvalue weighted by Gasteiger charge is 2.45. The molecule has 0 saturated carbocycles. The lowest BCUT2D eigenvalue weighted by Crippen LogP contribution is -2.32. The van der Waals surface area contributed by atoms with Crippen LogP contribution in [0.25, 0.3) is 5.76 Å². The fraction of sp³-hybridized carbons (Fsp3) is 0.318. The van der Waals surface area contributed by atoms with Crippen molar-refractivity contribution in [3.05, 3.63) is 65.5 Å². The molecule has 0 radical (unpaired) electrons. The van der Waals surface area contributed by atoms with E-state index in [1.165, 1.54) is 17.3 Å². The van der Waals surface area contributed by atoms with Gasteiger partial charge in [0.25, 0.3) is 11.7 Å². The molecule has 3 rings (SSSR count). The lowest BCUT2D eigenvalue weighted by molar-refractivity contribution is -0.139. The number of methoxy groups -OCH3 is 1. The molecule has 29 heavy (non-hydrogen) atoms. The van der Waals surface area contributed by atoms with Crippen LogP contribution >= 0.6 is 0 Å². The Balaban J connectivity index is 2.09. The molecule has 2 aromatic rings. The number of rotatable bonds is 7. The molecule has 0 bridgehead atoms. The molecule has 1 fully saturated rings. The van der Waals surface area contributed by atoms with E-state index in [0.717, 1.165) is 6.54 Å². The summed E-state index contributed by atoms with van der Waals surface area (Å²) >= 11 is 0. The summed E-state index contributed by atoms with van der Waals surface area (Å²) in [6.07, 6.45) is 3.77. The number of likely N-dealkylation sites (tertiary alicyclic amines) is 1. The van der Waals surface area contributed by atoms with Crippen LogP contribution in [0.1, 0.15) is 23.6 Å². The van der Waals surface area contributed by atoms with Crippen LogP contribution < -0.4 is 4.74 Å². The number of benzene rings is 1. The minimum atomic E-state index is -0.683. The second-order valence-electron chi connectivity index (χ2n) is 7.16. The predicted octanol–water partition coefficient (Wildman–Crippen LogP) is 2.46. The number of ether oxygens (including phenoxy) is 1. The maximum absolute atomic E-state index is 12.9. The summed E-state index contributed by atoms with van der Waals surface area (Å²) in [5.74, 6) is -0.872. The molecule has 0 unspecified atom stereocenters. The van der Waals surface area contributed by atoms with Crippen molar-refractivity contribution in [3.63, 3.8) is 0 Å². The first kappa shape index (κ1) is 20.5. The van der Waals surface area contributed by atoms with Gasteiger partial charge in [0.05, 0.1) is 18.7 Å². The Morgan fingerprint density at radius 2 is 1.93 bits per heavy atom. The molecule has 2 heterocycles. The first-order valence-corrected chi connectivity index (χ1v) is 9.41. The Labute approximate surface area is 170 Å². The average molecular weight is 395 g/mol. The van der Waals surface area contributed by atoms with Crippen molar-refractivity contribution < 1.29 is 19.4 Å². The number of carbonyl (C=O) groups excluding carboxylic acids is 2. The van der Waals surface area contributed by atoms with Gasteiger partial charge in [-0.05, 0) is 56.9 Å². The number of hydrogen-bond acceptors (Lipinski definition) is 6. The van der Waals surface area contributed by atoms with E-state index >= 15 is 0 Å². The summed E-state index contributed by atoms with van der Waals surface area (Å²) in [5.41, 5.74) is 1.24. The largest absolute Gasteiger partial charge is 0.507 e. The molecular formula is C22H25N3O4. The summed E-state index contributed by atoms with van der Waals surface area (Å²) < 4.78 is 5.31. The fourth-order valence-electron chi connectivity index (χ4n) is 3.49. The third kappa shape index (κ3) is 4.30. The minimum Gasteiger partial charge on any atom is -0.507 e. The quantitative estimate of drug-likeness (QED) is 0.441. The van der Waals surface area contributed by atoms with Gasteiger partial charge in [0.15, 0.2) is 0 Å². The first-order chi connectivity index (χ1) is 13.9. The summed E-state index contributed by atoms with van der Waals surface area (Å²) in [7, 11) is 5.47. The molecule has 1 aliphatic rings. The Hall–Kier alpha value is -3.19. The van der Waals surface area contributed by atoms with Crippen LogP contribution in [0.5, 0.6) is 5.75 Å². The van der Waals surface area contributed by atoms with Gasteiger partial charge in [0.2, 0.25) is 0 Å². The third-order valence-corrected chi connectivity index (χ3v) is 4.91. The molecule has 7 nitrogen and oxygen atoms in total. The molecule has 1 aliphatic heterocycles. The number of Topliss-reactive ketones (excluding diaryl/α,β-unsaturated/α-hetero) is 1. The number of pyridine rings is 1. The summed E-state index contributed by atoms with van der Waals surface area (Å²) in [4.78, 5) is 33.2. The highest BCUT2D eigenvalue weighted by atomic mass is 16.5. The van der Waals surface area contributed by atoms with Crippen molar-refractivity contribution in [2.45, 2.75) is 12.5 Å². The lowest BCUT2D eigenvalue weighted by atomic mass is 9.95. The minimum absolute atomic E-state index is 0.0827. The average Bonchev–Trinajstić information content (AvgIpc) is 2.98. The molecule has 0 spiro atoms. The SMILES string of the molecule is COc1cccc([C@H]2/C(=C(\O)c3ccncc3)C(=O)C(=O)N2CCCN(C)C)c1. The maximum Gasteiger partial charge on any atom is 0.295 e. The zero-order valence-corrected chi connectivity index (χ0v) is 16.8. The number of aromatic nitrogens is 1. The van der Waals surface area contributed by atoms with Crippen molar-refractivity contribution in [1.82, 2.24) is 14.8 Å². The van der Waals surface area contributed by atoms with Crippen LogP contribution in [-0.4, -0.2) is 65.9 Å². The van der Waals surface area contributed by atoms with Crippen LogP contribution in [0, 0.1) is 0 Å². The fourth-order valence-corrected chi connectivity index (χ4v) is 3.49. The number of aliphatic hydroxyl groups is 1. The molecule has 0 aliphatic carbocycles. The number of ketones is 1. The monoisotopic (exact) mass is 395 g/mol. The van der Waals surface area contributed by atoms with Crippen molar-refractivity contribution in [3.8, 4) is 5.75 Å². The number of aliphatic hydroxyl groups excluding tert-OH is 1. The molecule has 1 N–H and O–H groups in total. The molecule has 1 aromatic carbocycles. The maximum atomic E-state index is 12.9. The molecule has 7 heteroatoms. The van der Waals surface area contributed by atoms with Gasteiger partial charge in [-0.3, -0.25) is 14.6 Å². The van der Waals surface area contributed by atoms with Crippen molar-refractivity contribution in [2.24, 2.45) is 0 Å². The second kappa shape index (κ2) is 8.87. The Morgan fingerprint density at radius 3 is 2.59 bits per heavy atom. The smallest absolute Gasteiger partial charge is 0.295 e. The van der Waals surface area contributed by atoms with E-state index in [0.29, 0.717) is 29.8 Å². The van der Waals surface area contributed by atoms with Gasteiger partial charge >= 0.3 is 0 Å². The van der Waals surface area contributed by atoms with E-state index in [4.69, 9.17) is 4.74 Å². The van der Waals surface area contributed by atoms with Crippen molar-refractivity contribution in [1.29, 1.82) is 0 Å². The second-order valence-corrected chi connectivity index (χ2v) is 7.16. The first-order valence-electron chi connectivity index (χ1n) is 9.41. The zero-order chi connectivity index (χ0) is 21.0. The van der Waals surface area contributed by atoms with Crippen LogP contribution in [0.2, 0.25) is 0 Å². The van der Waals surface area contributed by atoms with Gasteiger partial charge in [-0.1, -0.05) is 12.1 Å². The van der Waals surface area contributed by atoms with Gasteiger partial charge in [0, 0.05) is 24.5 Å². The van der Waals surface area contributed by atoms with Gasteiger partial charge < -0.3 is 19.6 Å². The standard InChI is InChI=1S/C22H25N3O4/c1-24(2)12-5-13-25-19(16-6-4-7-17(14-16)29-3)18(21(27)22(25)28)20(26)15-8-10-23-11-9-15/h4,6-11,14,19,26H,5,12-13H2,1-3H3/b20-18+/t19-/m0/s1. The van der Waals surface area contributed by atoms with Crippen LogP contribution in [0.3, 0.4) is 0 Å². The predicted molar refractivity (Wildman–Crippen MR) is 109 cm³/mol. The molecule has 152 valence electrons. The van der Waals surface area contributed by atoms with E-state index < -0.39 is 17.7 Å². The molecule has 1 atom stereocenters. The number of nitrogens with zero attached hydrogens (tertiary/aromatic N) is 3. The summed E-state index contributed by atoms with van der Waals surface area (Å²) in [6.45, 7) is 1.18. The van der Waals surface area contributed by atoms with E-state index in [-0.39, 0.29) is 11.3 Å².